The molecule has 5 heterocycles. The van der Waals surface area contributed by atoms with Crippen molar-refractivity contribution in [2.75, 3.05) is 63.9 Å². The van der Waals surface area contributed by atoms with Crippen molar-refractivity contribution in [3.8, 4) is 5.95 Å². The number of hydrogen-bond donors (Lipinski definition) is 1. The fraction of sp³-hybridized carbons (Fsp3) is 0.462. The molecule has 13 heteroatoms. The Morgan fingerprint density at radius 1 is 0.949 bits per heavy atom. The number of imidazole rings is 2. The fourth-order valence-electron chi connectivity index (χ4n) is 5.29. The smallest absolute Gasteiger partial charge is 0.290 e. The summed E-state index contributed by atoms with van der Waals surface area (Å²) in [4.78, 5) is 50.7. The Kier molecular flexibility index (Phi) is 6.61. The molecule has 6 rings (SSSR count). The minimum atomic E-state index is -0.202. The molecule has 204 valence electrons. The largest absolute Gasteiger partial charge is 0.378 e. The van der Waals surface area contributed by atoms with Crippen LogP contribution in [-0.4, -0.2) is 110 Å². The van der Waals surface area contributed by atoms with E-state index in [0.29, 0.717) is 81.8 Å². The molecule has 2 saturated heterocycles. The van der Waals surface area contributed by atoms with Gasteiger partial charge in [-0.15, -0.1) is 0 Å². The summed E-state index contributed by atoms with van der Waals surface area (Å²) in [5, 5.41) is 0. The molecule has 2 amide bonds. The number of hydrogen-bond acceptors (Lipinski definition) is 9. The van der Waals surface area contributed by atoms with E-state index in [-0.39, 0.29) is 24.2 Å². The van der Waals surface area contributed by atoms with Crippen LogP contribution in [0.3, 0.4) is 0 Å². The SMILES string of the molecule is CCc1nc2ccccc2n1-c1nc(N2CCOCC2)c2nc(C(=O)N3CCN(C(=O)CN)CC3)n(C)c2n1. The first-order valence-electron chi connectivity index (χ1n) is 13.3. The normalized spacial score (nSPS) is 16.4. The van der Waals surface area contributed by atoms with E-state index in [9.17, 15) is 9.59 Å². The van der Waals surface area contributed by atoms with Crippen molar-refractivity contribution in [3.63, 3.8) is 0 Å². The maximum atomic E-state index is 13.6. The highest BCUT2D eigenvalue weighted by atomic mass is 16.5. The minimum absolute atomic E-state index is 0.0318. The molecule has 0 bridgehead atoms. The number of anilines is 1. The number of amides is 2. The topological polar surface area (TPSA) is 141 Å². The third-order valence-electron chi connectivity index (χ3n) is 7.43. The molecule has 0 spiro atoms. The average Bonchev–Trinajstić information content (AvgIpc) is 3.54. The van der Waals surface area contributed by atoms with E-state index in [1.165, 1.54) is 0 Å². The Morgan fingerprint density at radius 3 is 2.38 bits per heavy atom. The molecule has 0 radical (unpaired) electrons. The van der Waals surface area contributed by atoms with E-state index in [4.69, 9.17) is 30.4 Å². The van der Waals surface area contributed by atoms with Gasteiger partial charge in [0.1, 0.15) is 5.82 Å². The molecule has 4 aromatic rings. The summed E-state index contributed by atoms with van der Waals surface area (Å²) in [6.07, 6.45) is 0.705. The molecular formula is C26H32N10O3. The zero-order valence-electron chi connectivity index (χ0n) is 22.2. The number of rotatable bonds is 5. The second kappa shape index (κ2) is 10.2. The average molecular weight is 533 g/mol. The van der Waals surface area contributed by atoms with E-state index in [0.717, 1.165) is 16.9 Å². The monoisotopic (exact) mass is 532 g/mol. The maximum absolute atomic E-state index is 13.6. The highest BCUT2D eigenvalue weighted by molar-refractivity contribution is 5.97. The Morgan fingerprint density at radius 2 is 1.67 bits per heavy atom. The van der Waals surface area contributed by atoms with Crippen LogP contribution in [0, 0.1) is 0 Å². The van der Waals surface area contributed by atoms with Crippen LogP contribution < -0.4 is 10.6 Å². The molecule has 2 fully saturated rings. The summed E-state index contributed by atoms with van der Waals surface area (Å²) in [6, 6.07) is 7.93. The van der Waals surface area contributed by atoms with Crippen molar-refractivity contribution < 1.29 is 14.3 Å². The number of aromatic nitrogens is 6. The van der Waals surface area contributed by atoms with Crippen LogP contribution >= 0.6 is 0 Å². The van der Waals surface area contributed by atoms with Crippen molar-refractivity contribution in [1.29, 1.82) is 0 Å². The molecule has 13 nitrogen and oxygen atoms in total. The first kappa shape index (κ1) is 25.2. The number of para-hydroxylation sites is 2. The number of benzene rings is 1. The minimum Gasteiger partial charge on any atom is -0.378 e. The number of nitrogens with zero attached hydrogens (tertiary/aromatic N) is 9. The van der Waals surface area contributed by atoms with Crippen molar-refractivity contribution in [2.24, 2.45) is 12.8 Å². The number of aryl methyl sites for hydroxylation is 2. The quantitative estimate of drug-likeness (QED) is 0.385. The Labute approximate surface area is 225 Å². The van der Waals surface area contributed by atoms with E-state index in [2.05, 4.69) is 11.8 Å². The van der Waals surface area contributed by atoms with E-state index in [1.807, 2.05) is 35.9 Å². The number of morpholine rings is 1. The van der Waals surface area contributed by atoms with Gasteiger partial charge in [-0.2, -0.15) is 9.97 Å². The van der Waals surface area contributed by atoms with E-state index in [1.54, 1.807) is 14.4 Å². The van der Waals surface area contributed by atoms with Gasteiger partial charge < -0.3 is 29.7 Å². The van der Waals surface area contributed by atoms with E-state index >= 15 is 0 Å². The predicted molar refractivity (Wildman–Crippen MR) is 145 cm³/mol. The van der Waals surface area contributed by atoms with Crippen LogP contribution in [-0.2, 0) is 23.0 Å². The van der Waals surface area contributed by atoms with Crippen LogP contribution in [0.2, 0.25) is 0 Å². The van der Waals surface area contributed by atoms with Gasteiger partial charge in [0.2, 0.25) is 17.7 Å². The highest BCUT2D eigenvalue weighted by Gasteiger charge is 2.30. The van der Waals surface area contributed by atoms with E-state index < -0.39 is 0 Å². The molecule has 2 N–H and O–H groups in total. The lowest BCUT2D eigenvalue weighted by Crippen LogP contribution is -2.52. The van der Waals surface area contributed by atoms with Crippen LogP contribution in [0.4, 0.5) is 5.82 Å². The van der Waals surface area contributed by atoms with Gasteiger partial charge in [-0.1, -0.05) is 19.1 Å². The van der Waals surface area contributed by atoms with Gasteiger partial charge in [0.25, 0.3) is 5.91 Å². The van der Waals surface area contributed by atoms with Gasteiger partial charge in [-0.3, -0.25) is 14.2 Å². The van der Waals surface area contributed by atoms with Gasteiger partial charge in [0, 0.05) is 52.7 Å². The van der Waals surface area contributed by atoms with Crippen molar-refractivity contribution in [3.05, 3.63) is 35.9 Å². The lowest BCUT2D eigenvalue weighted by molar-refractivity contribution is -0.131. The van der Waals surface area contributed by atoms with Crippen molar-refractivity contribution in [1.82, 2.24) is 38.9 Å². The third-order valence-corrected chi connectivity index (χ3v) is 7.43. The van der Waals surface area contributed by atoms with Crippen LogP contribution in [0.15, 0.2) is 24.3 Å². The number of piperazine rings is 1. The van der Waals surface area contributed by atoms with Gasteiger partial charge >= 0.3 is 0 Å². The van der Waals surface area contributed by atoms with Gasteiger partial charge in [-0.05, 0) is 12.1 Å². The molecule has 0 atom stereocenters. The Hall–Kier alpha value is -4.10. The molecule has 0 saturated carbocycles. The first-order valence-corrected chi connectivity index (χ1v) is 13.3. The second-order valence-electron chi connectivity index (χ2n) is 9.70. The fourth-order valence-corrected chi connectivity index (χ4v) is 5.29. The standard InChI is InChI=1S/C26H32N10O3/c1-3-19-28-17-6-4-5-7-18(17)36(19)26-30-22-21(23(31-26)34-12-14-39-15-13-34)29-24(32(22)2)25(38)35-10-8-33(9-11-35)20(37)16-27/h4-7H,3,8-16,27H2,1-2H3. The maximum Gasteiger partial charge on any atom is 0.290 e. The van der Waals surface area contributed by atoms with Crippen LogP contribution in [0.25, 0.3) is 28.1 Å². The number of ether oxygens (including phenoxy) is 1. The third kappa shape index (κ3) is 4.36. The lowest BCUT2D eigenvalue weighted by atomic mass is 10.3. The summed E-state index contributed by atoms with van der Waals surface area (Å²) in [7, 11) is 1.81. The van der Waals surface area contributed by atoms with Gasteiger partial charge in [-0.25, -0.2) is 9.97 Å². The summed E-state index contributed by atoms with van der Waals surface area (Å²) >= 11 is 0. The molecule has 0 aliphatic carbocycles. The number of fused-ring (bicyclic) bond motifs is 2. The van der Waals surface area contributed by atoms with Crippen LogP contribution in [0.1, 0.15) is 23.4 Å². The molecule has 2 aliphatic heterocycles. The number of nitrogens with two attached hydrogens (primary N) is 1. The van der Waals surface area contributed by atoms with Crippen molar-refractivity contribution >= 4 is 39.8 Å². The summed E-state index contributed by atoms with van der Waals surface area (Å²) in [6.45, 7) is 6.24. The molecule has 0 unspecified atom stereocenters. The van der Waals surface area contributed by atoms with Gasteiger partial charge in [0.05, 0.1) is 30.8 Å². The molecule has 2 aliphatic rings. The van der Waals surface area contributed by atoms with Gasteiger partial charge in [0.15, 0.2) is 17.0 Å². The second-order valence-corrected chi connectivity index (χ2v) is 9.70. The zero-order chi connectivity index (χ0) is 27.1. The molecular weight excluding hydrogens is 500 g/mol. The summed E-state index contributed by atoms with van der Waals surface area (Å²) < 4.78 is 9.32. The molecule has 39 heavy (non-hydrogen) atoms. The molecule has 1 aromatic carbocycles. The number of carbonyl (C=O) groups excluding carboxylic acids is 2. The Balaban J connectivity index is 1.45. The highest BCUT2D eigenvalue weighted by Crippen LogP contribution is 2.29. The summed E-state index contributed by atoms with van der Waals surface area (Å²) in [5.74, 6) is 1.99. The van der Waals surface area contributed by atoms with Crippen LogP contribution in [0.5, 0.6) is 0 Å². The number of carbonyl (C=O) groups is 2. The first-order chi connectivity index (χ1) is 19.0. The summed E-state index contributed by atoms with van der Waals surface area (Å²) in [5.41, 5.74) is 8.45. The Bertz CT molecular complexity index is 1550. The van der Waals surface area contributed by atoms with Crippen molar-refractivity contribution in [2.45, 2.75) is 13.3 Å². The lowest BCUT2D eigenvalue weighted by Gasteiger charge is -2.34. The predicted octanol–water partition coefficient (Wildman–Crippen LogP) is 0.344. The molecule has 3 aromatic heterocycles. The zero-order valence-corrected chi connectivity index (χ0v) is 22.2.